The normalized spacial score (nSPS) is 23.3. The molecule has 2 saturated heterocycles. The first kappa shape index (κ1) is 27.8. The summed E-state index contributed by atoms with van der Waals surface area (Å²) in [5, 5.41) is 17.6. The number of aliphatic carboxylic acids is 1. The molecular weight excluding hydrogens is 511 g/mol. The van der Waals surface area contributed by atoms with Crippen LogP contribution in [0.1, 0.15) is 18.5 Å². The van der Waals surface area contributed by atoms with Gasteiger partial charge in [0.1, 0.15) is 36.5 Å². The highest BCUT2D eigenvalue weighted by Gasteiger charge is 2.55. The van der Waals surface area contributed by atoms with Gasteiger partial charge in [-0.15, -0.1) is 23.1 Å². The summed E-state index contributed by atoms with van der Waals surface area (Å²) in [4.78, 5) is 47.9. The molecule has 188 valence electrons. The van der Waals surface area contributed by atoms with E-state index in [-0.39, 0.29) is 39.3 Å². The van der Waals surface area contributed by atoms with E-state index in [1.54, 1.807) is 5.38 Å². The predicted octanol–water partition coefficient (Wildman–Crippen LogP) is -2.79. The Kier molecular flexibility index (Phi) is 8.91. The smallest absolute Gasteiger partial charge is 0.352 e. The maximum absolute atomic E-state index is 12.9. The Hall–Kier alpha value is -2.42. The van der Waals surface area contributed by atoms with E-state index in [0.717, 1.165) is 47.3 Å². The van der Waals surface area contributed by atoms with Crippen molar-refractivity contribution in [3.8, 4) is 0 Å². The number of carbonyl (C=O) groups excluding carboxylic acids is 2. The van der Waals surface area contributed by atoms with Crippen LogP contribution in [0.15, 0.2) is 21.8 Å². The highest BCUT2D eigenvalue weighted by molar-refractivity contribution is 8.00. The van der Waals surface area contributed by atoms with Crippen molar-refractivity contribution < 1.29 is 45.9 Å². The molecule has 4 rings (SSSR count). The maximum atomic E-state index is 12.9. The summed E-state index contributed by atoms with van der Waals surface area (Å²) in [6.07, 6.45) is 2.24. The van der Waals surface area contributed by atoms with Crippen LogP contribution in [0.5, 0.6) is 0 Å². The molecule has 0 bridgehead atoms. The van der Waals surface area contributed by atoms with Crippen molar-refractivity contribution in [2.45, 2.75) is 24.3 Å². The second-order valence-electron chi connectivity index (χ2n) is 8.24. The van der Waals surface area contributed by atoms with Crippen LogP contribution in [0.25, 0.3) is 0 Å². The number of aromatic nitrogens is 1. The number of thioether (sulfide) groups is 1. The first-order valence-electron chi connectivity index (χ1n) is 10.1. The van der Waals surface area contributed by atoms with Crippen molar-refractivity contribution in [2.75, 3.05) is 45.3 Å². The summed E-state index contributed by atoms with van der Waals surface area (Å²) in [5.41, 5.74) is 6.59. The molecule has 3 aliphatic heterocycles. The fourth-order valence-electron chi connectivity index (χ4n) is 4.42. The van der Waals surface area contributed by atoms with Gasteiger partial charge in [0.25, 0.3) is 11.8 Å². The zero-order chi connectivity index (χ0) is 23.0. The number of anilines is 1. The van der Waals surface area contributed by atoms with Crippen molar-refractivity contribution in [1.82, 2.24) is 15.2 Å². The lowest BCUT2D eigenvalue weighted by Crippen LogP contribution is -3.00. The molecule has 15 heteroatoms. The summed E-state index contributed by atoms with van der Waals surface area (Å²) in [5.74, 6) is -1.71. The van der Waals surface area contributed by atoms with E-state index in [2.05, 4.69) is 22.5 Å². The van der Waals surface area contributed by atoms with E-state index in [9.17, 15) is 19.5 Å². The molecule has 1 aromatic heterocycles. The van der Waals surface area contributed by atoms with Crippen LogP contribution in [-0.4, -0.2) is 93.9 Å². The number of nitrogens with zero attached hydrogens (tertiary/aromatic N) is 4. The Morgan fingerprint density at radius 3 is 2.65 bits per heavy atom. The van der Waals surface area contributed by atoms with Crippen LogP contribution in [0.3, 0.4) is 0 Å². The molecule has 1 aromatic rings. The first-order valence-corrected chi connectivity index (χ1v) is 12.0. The average Bonchev–Trinajstić information content (AvgIpc) is 3.37. The molecule has 3 aliphatic rings. The third-order valence-electron chi connectivity index (χ3n) is 5.92. The first-order chi connectivity index (χ1) is 15.2. The number of likely N-dealkylation sites (N-methyl/N-ethyl adjacent to an activating group) is 1. The number of amides is 2. The fraction of sp³-hybridized carbons (Fsp3) is 0.526. The quantitative estimate of drug-likeness (QED) is 0.147. The molecule has 2 amide bonds. The minimum absolute atomic E-state index is 0. The van der Waals surface area contributed by atoms with Crippen LogP contribution in [-0.2, 0) is 19.2 Å². The number of nitrogens with two attached hydrogens (primary N) is 1. The molecular formula is C19H26ClFN6O5S2. The number of carbonyl (C=O) groups is 3. The summed E-state index contributed by atoms with van der Waals surface area (Å²) in [6, 6.07) is -0.863. The molecule has 0 saturated carbocycles. The zero-order valence-electron chi connectivity index (χ0n) is 18.5. The largest absolute Gasteiger partial charge is 1.00 e. The number of likely N-dealkylation sites (tertiary alicyclic amines) is 1. The lowest BCUT2D eigenvalue weighted by Gasteiger charge is -2.49. The van der Waals surface area contributed by atoms with Crippen molar-refractivity contribution in [3.63, 3.8) is 0 Å². The SMILES string of the molecule is CO/N=C(\C(=O)N[C@@H]1C(=O)N2C(C(=O)O)=C(C[N+]3(C)CCCC3)CS[C@H]12)c1csc(N)n1.F.[Cl-]. The van der Waals surface area contributed by atoms with Crippen LogP contribution in [0, 0.1) is 0 Å². The number of thiazole rings is 1. The number of hydrogen-bond donors (Lipinski definition) is 3. The van der Waals surface area contributed by atoms with Gasteiger partial charge in [-0.25, -0.2) is 9.78 Å². The number of fused-ring (bicyclic) bond motifs is 1. The molecule has 4 heterocycles. The number of oxime groups is 1. The third kappa shape index (κ3) is 5.14. The van der Waals surface area contributed by atoms with E-state index in [1.165, 1.54) is 23.8 Å². The van der Waals surface area contributed by atoms with E-state index in [0.29, 0.717) is 12.3 Å². The molecule has 0 unspecified atom stereocenters. The van der Waals surface area contributed by atoms with Gasteiger partial charge in [0.05, 0.1) is 20.1 Å². The molecule has 0 spiro atoms. The number of nitrogens with one attached hydrogen (secondary N) is 1. The average molecular weight is 537 g/mol. The molecule has 2 atom stereocenters. The Labute approximate surface area is 209 Å². The van der Waals surface area contributed by atoms with Crippen molar-refractivity contribution >= 4 is 51.7 Å². The monoisotopic (exact) mass is 536 g/mol. The molecule has 34 heavy (non-hydrogen) atoms. The lowest BCUT2D eigenvalue weighted by atomic mass is 10.0. The van der Waals surface area contributed by atoms with Crippen molar-refractivity contribution in [3.05, 3.63) is 22.3 Å². The Balaban J connectivity index is 0.00000204. The fourth-order valence-corrected chi connectivity index (χ4v) is 6.31. The highest BCUT2D eigenvalue weighted by atomic mass is 35.5. The van der Waals surface area contributed by atoms with Crippen LogP contribution >= 0.6 is 23.1 Å². The van der Waals surface area contributed by atoms with Gasteiger partial charge < -0.3 is 37.9 Å². The van der Waals surface area contributed by atoms with E-state index < -0.39 is 29.2 Å². The topological polar surface area (TPSA) is 147 Å². The second kappa shape index (κ2) is 10.9. The molecule has 0 radical (unpaired) electrons. The Morgan fingerprint density at radius 2 is 2.09 bits per heavy atom. The van der Waals surface area contributed by atoms with E-state index in [1.807, 2.05) is 0 Å². The predicted molar refractivity (Wildman–Crippen MR) is 122 cm³/mol. The minimum Gasteiger partial charge on any atom is -1.00 e. The zero-order valence-corrected chi connectivity index (χ0v) is 20.9. The second-order valence-corrected chi connectivity index (χ2v) is 10.2. The summed E-state index contributed by atoms with van der Waals surface area (Å²) in [7, 11) is 3.42. The summed E-state index contributed by atoms with van der Waals surface area (Å²) < 4.78 is 0.785. The molecule has 0 aliphatic carbocycles. The van der Waals surface area contributed by atoms with Crippen molar-refractivity contribution in [2.24, 2.45) is 5.16 Å². The molecule has 2 fully saturated rings. The molecule has 4 N–H and O–H groups in total. The Bertz CT molecular complexity index is 1030. The number of hydrogen-bond acceptors (Lipinski definition) is 9. The number of halogens is 2. The lowest BCUT2D eigenvalue weighted by molar-refractivity contribution is -0.893. The highest BCUT2D eigenvalue weighted by Crippen LogP contribution is 2.41. The minimum atomic E-state index is -1.12. The third-order valence-corrected chi connectivity index (χ3v) is 7.93. The van der Waals surface area contributed by atoms with Gasteiger partial charge in [-0.3, -0.25) is 19.2 Å². The van der Waals surface area contributed by atoms with Gasteiger partial charge in [0, 0.05) is 29.5 Å². The standard InChI is InChI=1S/C19H24N6O5S2.ClH.FH/c1-25(5-3-4-6-25)7-10-8-31-17-13(16(27)24(17)14(10)18(28)29)22-15(26)12(23-30-2)11-9-32-19(20)21-11;;/h9,13,17H,3-8H2,1-2H3,(H3-,20,21,22,26,28,29);2*1H/b23-12-;;/t13-,17-;;/m1../s1. The molecule has 11 nitrogen and oxygen atoms in total. The number of carboxylic acids is 1. The number of rotatable bonds is 7. The number of quaternary nitrogens is 1. The van der Waals surface area contributed by atoms with Gasteiger partial charge in [-0.2, -0.15) is 0 Å². The maximum Gasteiger partial charge on any atom is 0.352 e. The Morgan fingerprint density at radius 1 is 1.41 bits per heavy atom. The van der Waals surface area contributed by atoms with Gasteiger partial charge in [0.15, 0.2) is 10.8 Å². The van der Waals surface area contributed by atoms with Crippen molar-refractivity contribution in [1.29, 1.82) is 0 Å². The summed E-state index contributed by atoms with van der Waals surface area (Å²) >= 11 is 2.61. The van der Waals surface area contributed by atoms with Gasteiger partial charge in [0.2, 0.25) is 0 Å². The van der Waals surface area contributed by atoms with Crippen LogP contribution < -0.4 is 23.5 Å². The van der Waals surface area contributed by atoms with Gasteiger partial charge in [-0.05, 0) is 0 Å². The molecule has 0 aromatic carbocycles. The summed E-state index contributed by atoms with van der Waals surface area (Å²) in [6.45, 7) is 2.61. The van der Waals surface area contributed by atoms with E-state index >= 15 is 0 Å². The number of nitrogen functional groups attached to an aromatic ring is 1. The number of carboxylic acid groups (broad SMARTS) is 1. The van der Waals surface area contributed by atoms with Crippen LogP contribution in [0.4, 0.5) is 9.84 Å². The van der Waals surface area contributed by atoms with Gasteiger partial charge >= 0.3 is 5.97 Å². The van der Waals surface area contributed by atoms with Crippen LogP contribution in [0.2, 0.25) is 0 Å². The van der Waals surface area contributed by atoms with E-state index in [4.69, 9.17) is 10.6 Å². The van der Waals surface area contributed by atoms with Gasteiger partial charge in [-0.1, -0.05) is 5.16 Å². The number of β-lactam (4-membered cyclic amide) rings is 1.